The molecule has 0 amide bonds. The summed E-state index contributed by atoms with van der Waals surface area (Å²) in [6.45, 7) is 6.52. The Bertz CT molecular complexity index is 440. The predicted molar refractivity (Wildman–Crippen MR) is 71.4 cm³/mol. The van der Waals surface area contributed by atoms with Crippen LogP contribution in [0, 0.1) is 0 Å². The van der Waals surface area contributed by atoms with E-state index in [4.69, 9.17) is 5.11 Å². The van der Waals surface area contributed by atoms with E-state index < -0.39 is 5.97 Å². The molecule has 2 rings (SSSR count). The van der Waals surface area contributed by atoms with Crippen molar-refractivity contribution in [3.05, 3.63) is 34.9 Å². The maximum absolute atomic E-state index is 10.5. The summed E-state index contributed by atoms with van der Waals surface area (Å²) in [5.74, 6) is -0.706. The third kappa shape index (κ3) is 3.10. The average Bonchev–Trinajstić information content (AvgIpc) is 2.71. The number of aliphatic carboxylic acids is 1. The highest BCUT2D eigenvalue weighted by molar-refractivity contribution is 5.66. The molecule has 0 spiro atoms. The van der Waals surface area contributed by atoms with Crippen molar-refractivity contribution in [2.75, 3.05) is 0 Å². The Morgan fingerprint density at radius 1 is 1.33 bits per heavy atom. The molecular formula is C15H21NO2. The summed E-state index contributed by atoms with van der Waals surface area (Å²) in [6.07, 6.45) is 1.85. The fourth-order valence-corrected chi connectivity index (χ4v) is 2.44. The van der Waals surface area contributed by atoms with Crippen LogP contribution in [0.15, 0.2) is 18.2 Å². The molecule has 18 heavy (non-hydrogen) atoms. The zero-order valence-corrected chi connectivity index (χ0v) is 11.1. The van der Waals surface area contributed by atoms with Crippen LogP contribution in [0.5, 0.6) is 0 Å². The molecule has 0 fully saturated rings. The molecular weight excluding hydrogens is 226 g/mol. The summed E-state index contributed by atoms with van der Waals surface area (Å²) >= 11 is 0. The van der Waals surface area contributed by atoms with Gasteiger partial charge in [0, 0.05) is 25.6 Å². The lowest BCUT2D eigenvalue weighted by molar-refractivity contribution is -0.137. The van der Waals surface area contributed by atoms with Crippen molar-refractivity contribution in [3.63, 3.8) is 0 Å². The molecule has 0 saturated carbocycles. The molecule has 3 heteroatoms. The van der Waals surface area contributed by atoms with Crippen LogP contribution >= 0.6 is 0 Å². The first-order valence-electron chi connectivity index (χ1n) is 6.63. The maximum atomic E-state index is 10.5. The van der Waals surface area contributed by atoms with Gasteiger partial charge in [-0.15, -0.1) is 0 Å². The molecule has 1 aliphatic heterocycles. The van der Waals surface area contributed by atoms with Crippen molar-refractivity contribution in [3.8, 4) is 0 Å². The van der Waals surface area contributed by atoms with Gasteiger partial charge in [0.2, 0.25) is 0 Å². The molecule has 1 aromatic rings. The van der Waals surface area contributed by atoms with Gasteiger partial charge in [0.05, 0.1) is 0 Å². The van der Waals surface area contributed by atoms with Crippen molar-refractivity contribution in [1.82, 2.24) is 4.90 Å². The number of fused-ring (bicyclic) bond motifs is 1. The number of aryl methyl sites for hydroxylation is 1. The molecule has 0 aromatic heterocycles. The molecule has 1 aromatic carbocycles. The monoisotopic (exact) mass is 247 g/mol. The Kier molecular flexibility index (Phi) is 4.02. The van der Waals surface area contributed by atoms with E-state index >= 15 is 0 Å². The second-order valence-corrected chi connectivity index (χ2v) is 5.35. The first-order valence-corrected chi connectivity index (χ1v) is 6.63. The van der Waals surface area contributed by atoms with Crippen LogP contribution in [0.2, 0.25) is 0 Å². The number of hydrogen-bond acceptors (Lipinski definition) is 2. The molecule has 3 nitrogen and oxygen atoms in total. The lowest BCUT2D eigenvalue weighted by atomic mass is 10.0. The Morgan fingerprint density at radius 3 is 2.72 bits per heavy atom. The van der Waals surface area contributed by atoms with E-state index in [0.717, 1.165) is 25.9 Å². The van der Waals surface area contributed by atoms with Gasteiger partial charge in [0.1, 0.15) is 0 Å². The summed E-state index contributed by atoms with van der Waals surface area (Å²) in [6, 6.07) is 7.17. The van der Waals surface area contributed by atoms with Crippen molar-refractivity contribution in [2.24, 2.45) is 0 Å². The van der Waals surface area contributed by atoms with Crippen LogP contribution in [0.1, 0.15) is 43.4 Å². The smallest absolute Gasteiger partial charge is 0.303 e. The van der Waals surface area contributed by atoms with Crippen LogP contribution in [0.4, 0.5) is 0 Å². The number of nitrogens with zero attached hydrogens (tertiary/aromatic N) is 1. The van der Waals surface area contributed by atoms with E-state index in [1.54, 1.807) is 0 Å². The highest BCUT2D eigenvalue weighted by Gasteiger charge is 2.20. The first-order chi connectivity index (χ1) is 8.56. The van der Waals surface area contributed by atoms with E-state index in [1.165, 1.54) is 16.7 Å². The SMILES string of the molecule is CC(C)N1Cc2ccc(CCCC(=O)O)cc2C1. The Morgan fingerprint density at radius 2 is 2.06 bits per heavy atom. The van der Waals surface area contributed by atoms with Gasteiger partial charge in [-0.2, -0.15) is 0 Å². The fraction of sp³-hybridized carbons (Fsp3) is 0.533. The van der Waals surface area contributed by atoms with E-state index in [2.05, 4.69) is 36.9 Å². The quantitative estimate of drug-likeness (QED) is 0.869. The molecule has 0 bridgehead atoms. The maximum Gasteiger partial charge on any atom is 0.303 e. The Labute approximate surface area is 108 Å². The van der Waals surface area contributed by atoms with Gasteiger partial charge in [0.25, 0.3) is 0 Å². The molecule has 0 unspecified atom stereocenters. The van der Waals surface area contributed by atoms with Crippen LogP contribution in [-0.2, 0) is 24.3 Å². The third-order valence-electron chi connectivity index (χ3n) is 3.60. The van der Waals surface area contributed by atoms with Gasteiger partial charge in [-0.1, -0.05) is 18.2 Å². The average molecular weight is 247 g/mol. The molecule has 0 radical (unpaired) electrons. The zero-order valence-electron chi connectivity index (χ0n) is 11.1. The van der Waals surface area contributed by atoms with Gasteiger partial charge >= 0.3 is 5.97 Å². The summed E-state index contributed by atoms with van der Waals surface area (Å²) in [4.78, 5) is 12.9. The Balaban J connectivity index is 1.97. The summed E-state index contributed by atoms with van der Waals surface area (Å²) in [5.41, 5.74) is 4.10. The van der Waals surface area contributed by atoms with Gasteiger partial charge in [-0.3, -0.25) is 9.69 Å². The van der Waals surface area contributed by atoms with Crippen LogP contribution in [0.3, 0.4) is 0 Å². The van der Waals surface area contributed by atoms with E-state index in [0.29, 0.717) is 6.04 Å². The van der Waals surface area contributed by atoms with Crippen molar-refractivity contribution in [1.29, 1.82) is 0 Å². The van der Waals surface area contributed by atoms with Crippen molar-refractivity contribution >= 4 is 5.97 Å². The lowest BCUT2D eigenvalue weighted by Gasteiger charge is -2.18. The largest absolute Gasteiger partial charge is 0.481 e. The topological polar surface area (TPSA) is 40.5 Å². The fourth-order valence-electron chi connectivity index (χ4n) is 2.44. The molecule has 1 aliphatic rings. The minimum absolute atomic E-state index is 0.259. The van der Waals surface area contributed by atoms with Crippen molar-refractivity contribution in [2.45, 2.75) is 52.2 Å². The summed E-state index contributed by atoms with van der Waals surface area (Å²) < 4.78 is 0. The normalized spacial score (nSPS) is 15.1. The first kappa shape index (κ1) is 13.1. The molecule has 1 N–H and O–H groups in total. The molecule has 0 aliphatic carbocycles. The number of benzene rings is 1. The van der Waals surface area contributed by atoms with Crippen molar-refractivity contribution < 1.29 is 9.90 Å². The highest BCUT2D eigenvalue weighted by atomic mass is 16.4. The lowest BCUT2D eigenvalue weighted by Crippen LogP contribution is -2.24. The standard InChI is InChI=1S/C15H21NO2/c1-11(2)16-9-13-7-6-12(8-14(13)10-16)4-3-5-15(17)18/h6-8,11H,3-5,9-10H2,1-2H3,(H,17,18). The molecule has 0 saturated heterocycles. The minimum Gasteiger partial charge on any atom is -0.481 e. The number of hydrogen-bond donors (Lipinski definition) is 1. The highest BCUT2D eigenvalue weighted by Crippen LogP contribution is 2.25. The minimum atomic E-state index is -0.706. The number of carbonyl (C=O) groups is 1. The second kappa shape index (κ2) is 5.53. The molecule has 1 heterocycles. The summed E-state index contributed by atoms with van der Waals surface area (Å²) in [7, 11) is 0. The zero-order chi connectivity index (χ0) is 13.1. The van der Waals surface area contributed by atoms with E-state index in [-0.39, 0.29) is 6.42 Å². The van der Waals surface area contributed by atoms with E-state index in [9.17, 15) is 4.79 Å². The Hall–Kier alpha value is -1.35. The summed E-state index contributed by atoms with van der Waals surface area (Å²) in [5, 5.41) is 8.64. The van der Waals surface area contributed by atoms with Crippen LogP contribution < -0.4 is 0 Å². The van der Waals surface area contributed by atoms with Gasteiger partial charge in [-0.25, -0.2) is 0 Å². The third-order valence-corrected chi connectivity index (χ3v) is 3.60. The molecule has 0 atom stereocenters. The van der Waals surface area contributed by atoms with Crippen LogP contribution in [-0.4, -0.2) is 22.0 Å². The number of carboxylic acids is 1. The predicted octanol–water partition coefficient (Wildman–Crippen LogP) is 2.82. The number of rotatable bonds is 5. The van der Waals surface area contributed by atoms with Gasteiger partial charge in [0.15, 0.2) is 0 Å². The number of carboxylic acid groups (broad SMARTS) is 1. The van der Waals surface area contributed by atoms with Gasteiger partial charge in [-0.05, 0) is 43.4 Å². The van der Waals surface area contributed by atoms with Gasteiger partial charge < -0.3 is 5.11 Å². The van der Waals surface area contributed by atoms with E-state index in [1.807, 2.05) is 0 Å². The molecule has 98 valence electrons. The van der Waals surface area contributed by atoms with Crippen LogP contribution in [0.25, 0.3) is 0 Å². The second-order valence-electron chi connectivity index (χ2n) is 5.35.